The van der Waals surface area contributed by atoms with Crippen LogP contribution < -0.4 is 10.6 Å². The van der Waals surface area contributed by atoms with Gasteiger partial charge < -0.3 is 15.4 Å². The minimum atomic E-state index is 0.0133. The van der Waals surface area contributed by atoms with Gasteiger partial charge in [-0.25, -0.2) is 0 Å². The van der Waals surface area contributed by atoms with Gasteiger partial charge in [-0.2, -0.15) is 0 Å². The van der Waals surface area contributed by atoms with Crippen LogP contribution in [0, 0.1) is 0 Å². The lowest BCUT2D eigenvalue weighted by Crippen LogP contribution is -2.38. The van der Waals surface area contributed by atoms with E-state index in [0.717, 1.165) is 18.7 Å². The average molecular weight is 220 g/mol. The van der Waals surface area contributed by atoms with Crippen molar-refractivity contribution in [2.75, 3.05) is 25.1 Å². The van der Waals surface area contributed by atoms with Crippen LogP contribution in [0.1, 0.15) is 6.42 Å². The average Bonchev–Trinajstić information content (AvgIpc) is 2.81. The van der Waals surface area contributed by atoms with Gasteiger partial charge in [0.05, 0.1) is 19.2 Å². The minimum Gasteiger partial charge on any atom is -0.379 e. The predicted molar refractivity (Wildman–Crippen MR) is 62.3 cm³/mol. The highest BCUT2D eigenvalue weighted by molar-refractivity contribution is 5.80. The Kier molecular flexibility index (Phi) is 3.77. The summed E-state index contributed by atoms with van der Waals surface area (Å²) in [5.41, 5.74) is 0.959. The largest absolute Gasteiger partial charge is 0.379 e. The van der Waals surface area contributed by atoms with Crippen molar-refractivity contribution in [3.8, 4) is 0 Å². The Bertz CT molecular complexity index is 334. The zero-order valence-electron chi connectivity index (χ0n) is 9.11. The Balaban J connectivity index is 1.71. The number of nitrogens with one attached hydrogen (secondary N) is 2. The van der Waals surface area contributed by atoms with Gasteiger partial charge in [-0.3, -0.25) is 4.79 Å². The lowest BCUT2D eigenvalue weighted by Gasteiger charge is -2.11. The number of anilines is 1. The van der Waals surface area contributed by atoms with Gasteiger partial charge in [0.1, 0.15) is 0 Å². The van der Waals surface area contributed by atoms with Gasteiger partial charge >= 0.3 is 0 Å². The molecule has 0 aromatic heterocycles. The number of amides is 1. The molecule has 0 saturated carbocycles. The topological polar surface area (TPSA) is 50.4 Å². The summed E-state index contributed by atoms with van der Waals surface area (Å²) in [5.74, 6) is 0.0133. The van der Waals surface area contributed by atoms with Crippen molar-refractivity contribution in [2.45, 2.75) is 12.5 Å². The first-order valence-electron chi connectivity index (χ1n) is 5.50. The highest BCUT2D eigenvalue weighted by Crippen LogP contribution is 2.05. The Hall–Kier alpha value is -1.55. The molecule has 2 N–H and O–H groups in total. The second-order valence-corrected chi connectivity index (χ2v) is 3.85. The SMILES string of the molecule is O=C(CNc1ccccc1)NC1CCOC1. The fourth-order valence-corrected chi connectivity index (χ4v) is 1.67. The van der Waals surface area contributed by atoms with E-state index in [1.807, 2.05) is 30.3 Å². The molecule has 1 unspecified atom stereocenters. The molecule has 1 aromatic rings. The molecule has 1 aliphatic heterocycles. The molecule has 4 heteroatoms. The van der Waals surface area contributed by atoms with Crippen molar-refractivity contribution in [2.24, 2.45) is 0 Å². The normalized spacial score (nSPS) is 19.4. The molecule has 0 radical (unpaired) electrons. The van der Waals surface area contributed by atoms with Crippen LogP contribution in [0.3, 0.4) is 0 Å². The number of ether oxygens (including phenoxy) is 1. The van der Waals surface area contributed by atoms with Gasteiger partial charge in [0.15, 0.2) is 0 Å². The molecule has 0 spiro atoms. The van der Waals surface area contributed by atoms with Crippen molar-refractivity contribution in [3.63, 3.8) is 0 Å². The molecule has 1 aromatic carbocycles. The maximum absolute atomic E-state index is 11.5. The summed E-state index contributed by atoms with van der Waals surface area (Å²) in [7, 11) is 0. The first-order chi connectivity index (χ1) is 7.84. The number of benzene rings is 1. The zero-order chi connectivity index (χ0) is 11.2. The van der Waals surface area contributed by atoms with Crippen LogP contribution in [0.4, 0.5) is 5.69 Å². The standard InChI is InChI=1S/C12H16N2O2/c15-12(14-11-6-7-16-9-11)8-13-10-4-2-1-3-5-10/h1-5,11,13H,6-9H2,(H,14,15). The second kappa shape index (κ2) is 5.51. The second-order valence-electron chi connectivity index (χ2n) is 3.85. The van der Waals surface area contributed by atoms with Gasteiger partial charge in [-0.15, -0.1) is 0 Å². The van der Waals surface area contributed by atoms with Crippen LogP contribution in [0.5, 0.6) is 0 Å². The molecule has 16 heavy (non-hydrogen) atoms. The summed E-state index contributed by atoms with van der Waals surface area (Å²) in [6.07, 6.45) is 0.914. The molecule has 1 amide bonds. The number of carbonyl (C=O) groups excluding carboxylic acids is 1. The molecular formula is C12H16N2O2. The van der Waals surface area contributed by atoms with Crippen LogP contribution in [-0.4, -0.2) is 31.7 Å². The van der Waals surface area contributed by atoms with Crippen molar-refractivity contribution in [1.82, 2.24) is 5.32 Å². The van der Waals surface area contributed by atoms with Crippen molar-refractivity contribution in [3.05, 3.63) is 30.3 Å². The summed E-state index contributed by atoms with van der Waals surface area (Å²) in [6, 6.07) is 9.87. The molecule has 2 rings (SSSR count). The van der Waals surface area contributed by atoms with Crippen LogP contribution in [0.15, 0.2) is 30.3 Å². The minimum absolute atomic E-state index is 0.0133. The third kappa shape index (κ3) is 3.24. The van der Waals surface area contributed by atoms with Crippen molar-refractivity contribution < 1.29 is 9.53 Å². The summed E-state index contributed by atoms with van der Waals surface area (Å²) in [4.78, 5) is 11.5. The van der Waals surface area contributed by atoms with E-state index in [4.69, 9.17) is 4.74 Å². The third-order valence-electron chi connectivity index (χ3n) is 2.52. The van der Waals surface area contributed by atoms with E-state index >= 15 is 0 Å². The molecule has 1 aliphatic rings. The maximum atomic E-state index is 11.5. The van der Waals surface area contributed by atoms with E-state index in [1.54, 1.807) is 0 Å². The number of hydrogen-bond donors (Lipinski definition) is 2. The van der Waals surface area contributed by atoms with E-state index in [0.29, 0.717) is 13.2 Å². The quantitative estimate of drug-likeness (QED) is 0.796. The summed E-state index contributed by atoms with van der Waals surface area (Å²) >= 11 is 0. The van der Waals surface area contributed by atoms with Crippen LogP contribution in [0.2, 0.25) is 0 Å². The van der Waals surface area contributed by atoms with Gasteiger partial charge in [0.2, 0.25) is 5.91 Å². The van der Waals surface area contributed by atoms with Crippen LogP contribution in [-0.2, 0) is 9.53 Å². The number of para-hydroxylation sites is 1. The first kappa shape index (κ1) is 11.0. The highest BCUT2D eigenvalue weighted by atomic mass is 16.5. The van der Waals surface area contributed by atoms with Crippen LogP contribution in [0.25, 0.3) is 0 Å². The molecule has 0 aliphatic carbocycles. The van der Waals surface area contributed by atoms with Crippen LogP contribution >= 0.6 is 0 Å². The summed E-state index contributed by atoms with van der Waals surface area (Å²) in [6.45, 7) is 1.69. The predicted octanol–water partition coefficient (Wildman–Crippen LogP) is 1.00. The van der Waals surface area contributed by atoms with E-state index in [-0.39, 0.29) is 11.9 Å². The monoisotopic (exact) mass is 220 g/mol. The van der Waals surface area contributed by atoms with Gasteiger partial charge in [0.25, 0.3) is 0 Å². The number of hydrogen-bond acceptors (Lipinski definition) is 3. The maximum Gasteiger partial charge on any atom is 0.239 e. The number of carbonyl (C=O) groups is 1. The molecule has 1 atom stereocenters. The fourth-order valence-electron chi connectivity index (χ4n) is 1.67. The molecule has 4 nitrogen and oxygen atoms in total. The van der Waals surface area contributed by atoms with Gasteiger partial charge in [0, 0.05) is 12.3 Å². The van der Waals surface area contributed by atoms with E-state index in [2.05, 4.69) is 10.6 Å². The fraction of sp³-hybridized carbons (Fsp3) is 0.417. The Morgan fingerprint density at radius 2 is 2.19 bits per heavy atom. The Labute approximate surface area is 95.0 Å². The molecule has 1 fully saturated rings. The van der Waals surface area contributed by atoms with E-state index in [9.17, 15) is 4.79 Å². The Morgan fingerprint density at radius 1 is 1.38 bits per heavy atom. The molecule has 1 heterocycles. The molecule has 0 bridgehead atoms. The number of rotatable bonds is 4. The smallest absolute Gasteiger partial charge is 0.239 e. The zero-order valence-corrected chi connectivity index (χ0v) is 9.11. The van der Waals surface area contributed by atoms with E-state index in [1.165, 1.54) is 0 Å². The molecule has 86 valence electrons. The van der Waals surface area contributed by atoms with Crippen molar-refractivity contribution >= 4 is 11.6 Å². The van der Waals surface area contributed by atoms with Gasteiger partial charge in [-0.05, 0) is 18.6 Å². The lowest BCUT2D eigenvalue weighted by molar-refractivity contribution is -0.120. The molecular weight excluding hydrogens is 204 g/mol. The lowest BCUT2D eigenvalue weighted by atomic mass is 10.2. The molecule has 1 saturated heterocycles. The highest BCUT2D eigenvalue weighted by Gasteiger charge is 2.17. The van der Waals surface area contributed by atoms with Crippen molar-refractivity contribution in [1.29, 1.82) is 0 Å². The summed E-state index contributed by atoms with van der Waals surface area (Å²) < 4.78 is 5.19. The van der Waals surface area contributed by atoms with Gasteiger partial charge in [-0.1, -0.05) is 18.2 Å². The van der Waals surface area contributed by atoms with E-state index < -0.39 is 0 Å². The summed E-state index contributed by atoms with van der Waals surface area (Å²) in [5, 5.41) is 5.99. The first-order valence-corrected chi connectivity index (χ1v) is 5.50. The Morgan fingerprint density at radius 3 is 2.88 bits per heavy atom. The third-order valence-corrected chi connectivity index (χ3v) is 2.52.